The van der Waals surface area contributed by atoms with Gasteiger partial charge in [0.1, 0.15) is 11.9 Å². The molecule has 1 N–H and O–H groups in total. The third-order valence-corrected chi connectivity index (χ3v) is 5.35. The highest BCUT2D eigenvalue weighted by Crippen LogP contribution is 2.35. The first-order chi connectivity index (χ1) is 12.8. The number of aliphatic hydroxyl groups excluding tert-OH is 1. The van der Waals surface area contributed by atoms with Crippen LogP contribution >= 0.6 is 0 Å². The molecular formula is C20H23N5O. The largest absolute Gasteiger partial charge is 0.382 e. The van der Waals surface area contributed by atoms with E-state index in [0.717, 1.165) is 49.0 Å². The van der Waals surface area contributed by atoms with Crippen molar-refractivity contribution >= 4 is 0 Å². The van der Waals surface area contributed by atoms with Crippen LogP contribution in [0.2, 0.25) is 0 Å². The maximum absolute atomic E-state index is 10.6. The lowest BCUT2D eigenvalue weighted by atomic mass is 10.1. The Morgan fingerprint density at radius 2 is 2.00 bits per heavy atom. The van der Waals surface area contributed by atoms with Crippen molar-refractivity contribution in [2.24, 2.45) is 0 Å². The van der Waals surface area contributed by atoms with Gasteiger partial charge in [-0.05, 0) is 24.5 Å². The summed E-state index contributed by atoms with van der Waals surface area (Å²) in [5, 5.41) is 15.2. The Morgan fingerprint density at radius 1 is 1.15 bits per heavy atom. The van der Waals surface area contributed by atoms with E-state index >= 15 is 0 Å². The first kappa shape index (κ1) is 15.8. The van der Waals surface area contributed by atoms with Crippen LogP contribution in [0.15, 0.2) is 48.8 Å². The summed E-state index contributed by atoms with van der Waals surface area (Å²) in [7, 11) is 0. The summed E-state index contributed by atoms with van der Waals surface area (Å²) in [4.78, 5) is 6.97. The third kappa shape index (κ3) is 2.95. The molecular weight excluding hydrogens is 326 g/mol. The highest BCUT2D eigenvalue weighted by molar-refractivity contribution is 5.27. The molecule has 1 aliphatic heterocycles. The number of hydrogen-bond donors (Lipinski definition) is 1. The van der Waals surface area contributed by atoms with E-state index in [2.05, 4.69) is 25.7 Å². The fourth-order valence-corrected chi connectivity index (χ4v) is 3.77. The fourth-order valence-electron chi connectivity index (χ4n) is 3.77. The number of nitrogens with zero attached hydrogens (tertiary/aromatic N) is 5. The van der Waals surface area contributed by atoms with E-state index in [4.69, 9.17) is 0 Å². The van der Waals surface area contributed by atoms with Gasteiger partial charge in [0, 0.05) is 31.5 Å². The van der Waals surface area contributed by atoms with Crippen LogP contribution in [0.25, 0.3) is 0 Å². The predicted molar refractivity (Wildman–Crippen MR) is 97.3 cm³/mol. The first-order valence-corrected chi connectivity index (χ1v) is 9.31. The molecule has 6 nitrogen and oxygen atoms in total. The third-order valence-electron chi connectivity index (χ3n) is 5.35. The molecule has 0 unspecified atom stereocenters. The molecule has 6 heteroatoms. The molecule has 0 saturated heterocycles. The molecule has 5 rings (SSSR count). The van der Waals surface area contributed by atoms with Crippen LogP contribution < -0.4 is 0 Å². The van der Waals surface area contributed by atoms with Crippen molar-refractivity contribution < 1.29 is 5.11 Å². The summed E-state index contributed by atoms with van der Waals surface area (Å²) < 4.78 is 4.36. The number of fused-ring (bicyclic) bond motifs is 1. The summed E-state index contributed by atoms with van der Waals surface area (Å²) in [6, 6.07) is 12.4. The van der Waals surface area contributed by atoms with Gasteiger partial charge in [-0.25, -0.2) is 4.98 Å². The van der Waals surface area contributed by atoms with E-state index in [1.54, 1.807) is 0 Å². The Hall–Kier alpha value is -2.44. The molecule has 3 aromatic rings. The minimum absolute atomic E-state index is 0.662. The van der Waals surface area contributed by atoms with Gasteiger partial charge in [0.25, 0.3) is 0 Å². The Kier molecular flexibility index (Phi) is 3.87. The van der Waals surface area contributed by atoms with Gasteiger partial charge in [-0.3, -0.25) is 9.58 Å². The lowest BCUT2D eigenvalue weighted by Gasteiger charge is -2.27. The Balaban J connectivity index is 1.32. The molecule has 0 bridgehead atoms. The molecule has 1 atom stereocenters. The van der Waals surface area contributed by atoms with Crippen molar-refractivity contribution in [3.8, 4) is 0 Å². The predicted octanol–water partition coefficient (Wildman–Crippen LogP) is 2.51. The van der Waals surface area contributed by atoms with Crippen molar-refractivity contribution in [2.45, 2.75) is 44.6 Å². The summed E-state index contributed by atoms with van der Waals surface area (Å²) in [5.41, 5.74) is 2.77. The topological polar surface area (TPSA) is 59.1 Å². The second kappa shape index (κ2) is 6.37. The number of benzene rings is 1. The van der Waals surface area contributed by atoms with E-state index in [1.165, 1.54) is 12.8 Å². The normalized spacial score (nSPS) is 18.7. The second-order valence-corrected chi connectivity index (χ2v) is 7.29. The molecule has 2 aliphatic rings. The van der Waals surface area contributed by atoms with Gasteiger partial charge in [-0.1, -0.05) is 30.3 Å². The van der Waals surface area contributed by atoms with E-state index < -0.39 is 6.10 Å². The number of aromatic nitrogens is 4. The van der Waals surface area contributed by atoms with Crippen molar-refractivity contribution in [1.82, 2.24) is 24.2 Å². The van der Waals surface area contributed by atoms with Crippen LogP contribution in [0.5, 0.6) is 0 Å². The van der Waals surface area contributed by atoms with Crippen molar-refractivity contribution in [3.63, 3.8) is 0 Å². The number of hydrogen-bond acceptors (Lipinski definition) is 4. The van der Waals surface area contributed by atoms with Gasteiger partial charge in [-0.15, -0.1) is 0 Å². The average Bonchev–Trinajstić information content (AvgIpc) is 3.26. The van der Waals surface area contributed by atoms with Crippen molar-refractivity contribution in [3.05, 3.63) is 71.6 Å². The van der Waals surface area contributed by atoms with Gasteiger partial charge in [0.05, 0.1) is 24.5 Å². The van der Waals surface area contributed by atoms with E-state index in [1.807, 2.05) is 47.3 Å². The quantitative estimate of drug-likeness (QED) is 0.769. The molecule has 0 amide bonds. The second-order valence-electron chi connectivity index (χ2n) is 7.29. The van der Waals surface area contributed by atoms with Crippen LogP contribution in [0, 0.1) is 0 Å². The smallest absolute Gasteiger partial charge is 0.123 e. The number of aliphatic hydroxyl groups is 1. The molecule has 0 spiro atoms. The van der Waals surface area contributed by atoms with E-state index in [0.29, 0.717) is 6.04 Å². The zero-order valence-electron chi connectivity index (χ0n) is 14.7. The molecule has 0 radical (unpaired) electrons. The SMILES string of the molecule is O[C@@H](c1ccccc1)c1cc2n(n1)CCN(Cc1nccn1C1CC1)C2. The summed E-state index contributed by atoms with van der Waals surface area (Å²) in [6.07, 6.45) is 5.90. The van der Waals surface area contributed by atoms with Gasteiger partial charge in [0.2, 0.25) is 0 Å². The number of imidazole rings is 1. The molecule has 134 valence electrons. The molecule has 1 fully saturated rings. The summed E-state index contributed by atoms with van der Waals surface area (Å²) in [5.74, 6) is 1.16. The van der Waals surface area contributed by atoms with E-state index in [9.17, 15) is 5.11 Å². The highest BCUT2D eigenvalue weighted by Gasteiger charge is 2.27. The maximum Gasteiger partial charge on any atom is 0.123 e. The first-order valence-electron chi connectivity index (χ1n) is 9.31. The van der Waals surface area contributed by atoms with Crippen molar-refractivity contribution in [2.75, 3.05) is 6.54 Å². The fraction of sp³-hybridized carbons (Fsp3) is 0.400. The van der Waals surface area contributed by atoms with Crippen LogP contribution in [0.3, 0.4) is 0 Å². The van der Waals surface area contributed by atoms with Crippen LogP contribution in [0.1, 0.15) is 47.8 Å². The van der Waals surface area contributed by atoms with Crippen LogP contribution in [-0.2, 0) is 19.6 Å². The van der Waals surface area contributed by atoms with Crippen LogP contribution in [-0.4, -0.2) is 35.9 Å². The maximum atomic E-state index is 10.6. The minimum atomic E-state index is -0.670. The monoisotopic (exact) mass is 349 g/mol. The standard InChI is InChI=1S/C20H23N5O/c26-20(15-4-2-1-3-5-15)18-12-17-13-23(10-11-25(17)22-18)14-19-21-8-9-24(19)16-6-7-16/h1-5,8-9,12,16,20,26H,6-7,10-11,13-14H2/t20-/m0/s1. The Bertz CT molecular complexity index is 896. The summed E-state index contributed by atoms with van der Waals surface area (Å²) >= 11 is 0. The van der Waals surface area contributed by atoms with Crippen LogP contribution in [0.4, 0.5) is 0 Å². The van der Waals surface area contributed by atoms with Gasteiger partial charge < -0.3 is 9.67 Å². The highest BCUT2D eigenvalue weighted by atomic mass is 16.3. The zero-order valence-corrected chi connectivity index (χ0v) is 14.7. The van der Waals surface area contributed by atoms with Crippen molar-refractivity contribution in [1.29, 1.82) is 0 Å². The zero-order chi connectivity index (χ0) is 17.5. The molecule has 2 aromatic heterocycles. The average molecular weight is 349 g/mol. The summed E-state index contributed by atoms with van der Waals surface area (Å²) in [6.45, 7) is 3.51. The molecule has 3 heterocycles. The Morgan fingerprint density at radius 3 is 2.81 bits per heavy atom. The Labute approximate surface area is 152 Å². The minimum Gasteiger partial charge on any atom is -0.382 e. The lowest BCUT2D eigenvalue weighted by Crippen LogP contribution is -2.34. The lowest BCUT2D eigenvalue weighted by molar-refractivity contribution is 0.195. The molecule has 1 aliphatic carbocycles. The van der Waals surface area contributed by atoms with Gasteiger partial charge in [-0.2, -0.15) is 5.10 Å². The van der Waals surface area contributed by atoms with Gasteiger partial charge in [0.15, 0.2) is 0 Å². The molecule has 26 heavy (non-hydrogen) atoms. The van der Waals surface area contributed by atoms with Gasteiger partial charge >= 0.3 is 0 Å². The molecule has 1 aromatic carbocycles. The number of rotatable bonds is 5. The molecule has 1 saturated carbocycles. The van der Waals surface area contributed by atoms with E-state index in [-0.39, 0.29) is 0 Å².